The number of thiazole rings is 1. The monoisotopic (exact) mass is 652 g/mol. The van der Waals surface area contributed by atoms with E-state index < -0.39 is 12.0 Å². The molecule has 0 unspecified atom stereocenters. The van der Waals surface area contributed by atoms with Crippen LogP contribution in [-0.4, -0.2) is 24.8 Å². The van der Waals surface area contributed by atoms with Crippen LogP contribution in [0.15, 0.2) is 92.3 Å². The standard InChI is InChI=1S/C31H26BrClN2O5S/c1-4-23-26(30(37)39-3)27(20-10-6-5-7-11-20)35-29(36)25(41-31(35)34-23)16-19-14-22(32)28(24(15-19)38-2)40-17-18-9-8-12-21(33)13-18/h5-16,27H,4,17H2,1-3H3/b25-16+/t27-/m1/s1. The molecular formula is C31H26BrClN2O5S. The van der Waals surface area contributed by atoms with Crippen LogP contribution in [0.4, 0.5) is 0 Å². The highest BCUT2D eigenvalue weighted by molar-refractivity contribution is 9.10. The number of rotatable bonds is 8. The van der Waals surface area contributed by atoms with Gasteiger partial charge in [0.2, 0.25) is 0 Å². The van der Waals surface area contributed by atoms with E-state index in [1.807, 2.05) is 73.7 Å². The first-order valence-corrected chi connectivity index (χ1v) is 14.8. The lowest BCUT2D eigenvalue weighted by molar-refractivity contribution is -0.136. The van der Waals surface area contributed by atoms with Crippen LogP contribution in [0.1, 0.15) is 36.1 Å². The van der Waals surface area contributed by atoms with Crippen molar-refractivity contribution in [3.05, 3.63) is 124 Å². The van der Waals surface area contributed by atoms with E-state index in [2.05, 4.69) is 15.9 Å². The number of hydrogen-bond acceptors (Lipinski definition) is 7. The summed E-state index contributed by atoms with van der Waals surface area (Å²) in [5, 5.41) is 0.633. The van der Waals surface area contributed by atoms with Crippen LogP contribution in [0, 0.1) is 0 Å². The van der Waals surface area contributed by atoms with E-state index in [1.165, 1.54) is 18.4 Å². The maximum absolute atomic E-state index is 13.9. The van der Waals surface area contributed by atoms with Gasteiger partial charge < -0.3 is 14.2 Å². The number of carbonyl (C=O) groups excluding carboxylic acids is 1. The Kier molecular flexibility index (Phi) is 8.77. The van der Waals surface area contributed by atoms with Gasteiger partial charge in [0.1, 0.15) is 6.61 Å². The van der Waals surface area contributed by atoms with Gasteiger partial charge in [-0.15, -0.1) is 0 Å². The molecule has 0 radical (unpaired) electrons. The quantitative estimate of drug-likeness (QED) is 0.225. The smallest absolute Gasteiger partial charge is 0.338 e. The van der Waals surface area contributed by atoms with E-state index in [4.69, 9.17) is 30.8 Å². The number of benzene rings is 3. The minimum atomic E-state index is -0.652. The second-order valence-electron chi connectivity index (χ2n) is 9.15. The van der Waals surface area contributed by atoms with Crippen LogP contribution in [0.5, 0.6) is 11.5 Å². The number of esters is 1. The molecule has 1 aromatic heterocycles. The van der Waals surface area contributed by atoms with Crippen molar-refractivity contribution in [2.75, 3.05) is 14.2 Å². The topological polar surface area (TPSA) is 79.1 Å². The third kappa shape index (κ3) is 5.88. The highest BCUT2D eigenvalue weighted by Crippen LogP contribution is 2.37. The fraction of sp³-hybridized carbons (Fsp3) is 0.194. The lowest BCUT2D eigenvalue weighted by Crippen LogP contribution is -2.40. The fourth-order valence-electron chi connectivity index (χ4n) is 4.71. The molecular weight excluding hydrogens is 628 g/mol. The zero-order valence-electron chi connectivity index (χ0n) is 22.5. The van der Waals surface area contributed by atoms with Crippen LogP contribution < -0.4 is 24.4 Å². The van der Waals surface area contributed by atoms with Gasteiger partial charge in [-0.2, -0.15) is 0 Å². The van der Waals surface area contributed by atoms with Crippen molar-refractivity contribution < 1.29 is 19.0 Å². The maximum Gasteiger partial charge on any atom is 0.338 e. The molecule has 1 aliphatic rings. The van der Waals surface area contributed by atoms with Crippen LogP contribution >= 0.6 is 38.9 Å². The summed E-state index contributed by atoms with van der Waals surface area (Å²) in [7, 11) is 2.90. The number of ether oxygens (including phenoxy) is 3. The lowest BCUT2D eigenvalue weighted by atomic mass is 9.95. The van der Waals surface area contributed by atoms with Crippen LogP contribution in [0.2, 0.25) is 5.02 Å². The summed E-state index contributed by atoms with van der Waals surface area (Å²) in [5.41, 5.74) is 3.16. The van der Waals surface area contributed by atoms with Gasteiger partial charge in [-0.25, -0.2) is 9.79 Å². The number of nitrogens with zero attached hydrogens (tertiary/aromatic N) is 2. The highest BCUT2D eigenvalue weighted by Gasteiger charge is 2.33. The van der Waals surface area contributed by atoms with Crippen molar-refractivity contribution in [3.8, 4) is 11.5 Å². The van der Waals surface area contributed by atoms with Gasteiger partial charge in [-0.05, 0) is 69.4 Å². The summed E-state index contributed by atoms with van der Waals surface area (Å²) in [4.78, 5) is 32.1. The SMILES string of the molecule is CCC1=C(C(=O)OC)[C@@H](c2ccccc2)n2c(s/c(=C/c3cc(Br)c(OCc4cccc(Cl)c4)c(OC)c3)c2=O)=N1. The van der Waals surface area contributed by atoms with Crippen molar-refractivity contribution in [1.82, 2.24) is 4.57 Å². The molecule has 1 aliphatic heterocycles. The van der Waals surface area contributed by atoms with Crippen molar-refractivity contribution in [1.29, 1.82) is 0 Å². The molecule has 3 aromatic carbocycles. The van der Waals surface area contributed by atoms with Crippen molar-refractivity contribution in [2.24, 2.45) is 4.99 Å². The largest absolute Gasteiger partial charge is 0.493 e. The van der Waals surface area contributed by atoms with Gasteiger partial charge >= 0.3 is 5.97 Å². The molecule has 0 N–H and O–H groups in total. The first-order chi connectivity index (χ1) is 19.8. The summed E-state index contributed by atoms with van der Waals surface area (Å²) in [6.45, 7) is 2.23. The Labute approximate surface area is 254 Å². The molecule has 2 heterocycles. The summed E-state index contributed by atoms with van der Waals surface area (Å²) in [5.74, 6) is 0.532. The molecule has 5 rings (SSSR count). The molecule has 4 aromatic rings. The minimum Gasteiger partial charge on any atom is -0.493 e. The van der Waals surface area contributed by atoms with Crippen LogP contribution in [-0.2, 0) is 16.1 Å². The first-order valence-electron chi connectivity index (χ1n) is 12.8. The number of fused-ring (bicyclic) bond motifs is 1. The molecule has 0 fully saturated rings. The second kappa shape index (κ2) is 12.5. The van der Waals surface area contributed by atoms with Crippen molar-refractivity contribution in [2.45, 2.75) is 26.0 Å². The van der Waals surface area contributed by atoms with Gasteiger partial charge in [-0.3, -0.25) is 9.36 Å². The number of allylic oxidation sites excluding steroid dienone is 1. The van der Waals surface area contributed by atoms with Gasteiger partial charge in [0, 0.05) is 5.02 Å². The third-order valence-electron chi connectivity index (χ3n) is 6.59. The highest BCUT2D eigenvalue weighted by atomic mass is 79.9. The molecule has 210 valence electrons. The number of aromatic nitrogens is 1. The van der Waals surface area contributed by atoms with Gasteiger partial charge in [0.05, 0.1) is 40.5 Å². The number of methoxy groups -OCH3 is 2. The minimum absolute atomic E-state index is 0.254. The van der Waals surface area contributed by atoms with Crippen molar-refractivity contribution in [3.63, 3.8) is 0 Å². The van der Waals surface area contributed by atoms with Gasteiger partial charge in [0.15, 0.2) is 16.3 Å². The molecule has 0 saturated carbocycles. The van der Waals surface area contributed by atoms with E-state index in [9.17, 15) is 9.59 Å². The average Bonchev–Trinajstić information content (AvgIpc) is 3.29. The Bertz CT molecular complexity index is 1830. The van der Waals surface area contributed by atoms with E-state index in [1.54, 1.807) is 17.8 Å². The molecule has 0 spiro atoms. The molecule has 0 amide bonds. The Morgan fingerprint density at radius 2 is 1.90 bits per heavy atom. The Morgan fingerprint density at radius 3 is 2.59 bits per heavy atom. The summed E-state index contributed by atoms with van der Waals surface area (Å²) >= 11 is 11.0. The maximum atomic E-state index is 13.9. The predicted molar refractivity (Wildman–Crippen MR) is 163 cm³/mol. The Balaban J connectivity index is 1.59. The lowest BCUT2D eigenvalue weighted by Gasteiger charge is -2.25. The first kappa shape index (κ1) is 28.9. The van der Waals surface area contributed by atoms with E-state index >= 15 is 0 Å². The molecule has 0 saturated heterocycles. The summed E-state index contributed by atoms with van der Waals surface area (Å²) < 4.78 is 19.5. The van der Waals surface area contributed by atoms with Crippen LogP contribution in [0.3, 0.4) is 0 Å². The molecule has 41 heavy (non-hydrogen) atoms. The molecule has 0 aliphatic carbocycles. The van der Waals surface area contributed by atoms with Crippen molar-refractivity contribution >= 4 is 50.9 Å². The second-order valence-corrected chi connectivity index (χ2v) is 11.5. The third-order valence-corrected chi connectivity index (χ3v) is 8.39. The Hall–Kier alpha value is -3.66. The average molecular weight is 654 g/mol. The predicted octanol–water partition coefficient (Wildman–Crippen LogP) is 5.80. The Morgan fingerprint density at radius 1 is 1.12 bits per heavy atom. The number of halogens is 2. The summed E-state index contributed by atoms with van der Waals surface area (Å²) in [6, 6.07) is 19.9. The number of hydrogen-bond donors (Lipinski definition) is 0. The zero-order valence-corrected chi connectivity index (χ0v) is 25.7. The van der Waals surface area contributed by atoms with E-state index in [-0.39, 0.29) is 5.56 Å². The zero-order chi connectivity index (χ0) is 29.1. The molecule has 1 atom stereocenters. The molecule has 0 bridgehead atoms. The summed E-state index contributed by atoms with van der Waals surface area (Å²) in [6.07, 6.45) is 2.30. The normalized spacial score (nSPS) is 14.9. The van der Waals surface area contributed by atoms with E-state index in [0.29, 0.717) is 54.6 Å². The van der Waals surface area contributed by atoms with Gasteiger partial charge in [-0.1, -0.05) is 72.3 Å². The van der Waals surface area contributed by atoms with Crippen LogP contribution in [0.25, 0.3) is 6.08 Å². The molecule has 7 nitrogen and oxygen atoms in total. The fourth-order valence-corrected chi connectivity index (χ4v) is 6.52. The molecule has 10 heteroatoms. The van der Waals surface area contributed by atoms with Gasteiger partial charge in [0.25, 0.3) is 5.56 Å². The van der Waals surface area contributed by atoms with E-state index in [0.717, 1.165) is 16.7 Å². The number of carbonyl (C=O) groups is 1.